The molecule has 0 spiro atoms. The largest absolute Gasteiger partial charge is 0.396 e. The molecular weight excluding hydrogens is 186 g/mol. The molecule has 0 aliphatic heterocycles. The Bertz CT molecular complexity index is 292. The third kappa shape index (κ3) is 3.07. The molecule has 0 bridgehead atoms. The molecule has 0 N–H and O–H groups in total. The van der Waals surface area contributed by atoms with Gasteiger partial charge in [-0.2, -0.15) is 0 Å². The van der Waals surface area contributed by atoms with E-state index < -0.39 is 0 Å². The minimum absolute atomic E-state index is 0.588. The van der Waals surface area contributed by atoms with Crippen molar-refractivity contribution in [3.05, 3.63) is 34.9 Å². The fourth-order valence-corrected chi connectivity index (χ4v) is 1.03. The Balaban J connectivity index is 2.77. The Kier molecular flexibility index (Phi) is 3.77. The summed E-state index contributed by atoms with van der Waals surface area (Å²) >= 11 is 5.75. The van der Waals surface area contributed by atoms with Crippen molar-refractivity contribution in [3.8, 4) is 0 Å². The summed E-state index contributed by atoms with van der Waals surface area (Å²) in [6.07, 6.45) is 0. The fraction of sp³-hybridized carbons (Fsp3) is 0.300. The van der Waals surface area contributed by atoms with Crippen LogP contribution in [-0.2, 0) is 4.84 Å². The molecule has 0 unspecified atom stereocenters. The molecule has 70 valence electrons. The maximum atomic E-state index is 5.75. The van der Waals surface area contributed by atoms with E-state index in [2.05, 4.69) is 5.16 Å². The predicted molar refractivity (Wildman–Crippen MR) is 55.3 cm³/mol. The summed E-state index contributed by atoms with van der Waals surface area (Å²) in [5.41, 5.74) is 1.89. The summed E-state index contributed by atoms with van der Waals surface area (Å²) in [5, 5.41) is 4.65. The van der Waals surface area contributed by atoms with Crippen molar-refractivity contribution < 1.29 is 4.84 Å². The van der Waals surface area contributed by atoms with Crippen molar-refractivity contribution in [3.63, 3.8) is 0 Å². The minimum Gasteiger partial charge on any atom is -0.396 e. The molecule has 0 aliphatic carbocycles. The molecule has 3 heteroatoms. The molecule has 0 fully saturated rings. The van der Waals surface area contributed by atoms with E-state index in [1.165, 1.54) is 0 Å². The van der Waals surface area contributed by atoms with Crippen molar-refractivity contribution in [1.82, 2.24) is 0 Å². The number of hydrogen-bond donors (Lipinski definition) is 0. The first kappa shape index (κ1) is 10.1. The second kappa shape index (κ2) is 4.87. The normalized spacial score (nSPS) is 11.5. The van der Waals surface area contributed by atoms with Gasteiger partial charge < -0.3 is 4.84 Å². The summed E-state index contributed by atoms with van der Waals surface area (Å²) in [7, 11) is 0. The second-order valence-electron chi connectivity index (χ2n) is 2.60. The van der Waals surface area contributed by atoms with E-state index in [0.717, 1.165) is 16.3 Å². The van der Waals surface area contributed by atoms with Crippen molar-refractivity contribution in [2.24, 2.45) is 5.16 Å². The van der Waals surface area contributed by atoms with Gasteiger partial charge >= 0.3 is 0 Å². The minimum atomic E-state index is 0.588. The first-order valence-electron chi connectivity index (χ1n) is 4.16. The zero-order valence-corrected chi connectivity index (χ0v) is 8.51. The quantitative estimate of drug-likeness (QED) is 0.539. The second-order valence-corrected chi connectivity index (χ2v) is 3.04. The number of benzene rings is 1. The number of hydrogen-bond acceptors (Lipinski definition) is 2. The van der Waals surface area contributed by atoms with E-state index in [4.69, 9.17) is 16.4 Å². The molecular formula is C10H12ClNO. The van der Waals surface area contributed by atoms with Crippen LogP contribution in [0.1, 0.15) is 19.4 Å². The van der Waals surface area contributed by atoms with Gasteiger partial charge in [0.2, 0.25) is 0 Å². The molecule has 0 saturated carbocycles. The summed E-state index contributed by atoms with van der Waals surface area (Å²) in [4.78, 5) is 4.93. The zero-order chi connectivity index (χ0) is 9.68. The average molecular weight is 198 g/mol. The van der Waals surface area contributed by atoms with Gasteiger partial charge in [-0.1, -0.05) is 28.9 Å². The molecule has 0 heterocycles. The molecule has 0 atom stereocenters. The number of rotatable bonds is 3. The van der Waals surface area contributed by atoms with Crippen LogP contribution in [0.5, 0.6) is 0 Å². The van der Waals surface area contributed by atoms with Crippen LogP contribution < -0.4 is 0 Å². The van der Waals surface area contributed by atoms with Gasteiger partial charge in [0.1, 0.15) is 6.61 Å². The van der Waals surface area contributed by atoms with Gasteiger partial charge in [-0.05, 0) is 31.5 Å². The summed E-state index contributed by atoms with van der Waals surface area (Å²) < 4.78 is 0. The van der Waals surface area contributed by atoms with E-state index in [0.29, 0.717) is 6.61 Å². The van der Waals surface area contributed by atoms with Gasteiger partial charge in [-0.25, -0.2) is 0 Å². The smallest absolute Gasteiger partial charge is 0.114 e. The number of oxime groups is 1. The fourth-order valence-electron chi connectivity index (χ4n) is 0.905. The Labute approximate surface area is 83.2 Å². The average Bonchev–Trinajstić information content (AvgIpc) is 2.15. The Morgan fingerprint density at radius 1 is 1.38 bits per heavy atom. The van der Waals surface area contributed by atoms with Gasteiger partial charge in [0, 0.05) is 5.02 Å². The summed E-state index contributed by atoms with van der Waals surface area (Å²) in [6.45, 7) is 4.39. The zero-order valence-electron chi connectivity index (χ0n) is 7.75. The Hall–Kier alpha value is -1.02. The molecule has 0 amide bonds. The van der Waals surface area contributed by atoms with Gasteiger partial charge in [-0.15, -0.1) is 0 Å². The highest BCUT2D eigenvalue weighted by Crippen LogP contribution is 2.10. The monoisotopic (exact) mass is 197 g/mol. The van der Waals surface area contributed by atoms with E-state index in [-0.39, 0.29) is 0 Å². The van der Waals surface area contributed by atoms with Crippen molar-refractivity contribution in [1.29, 1.82) is 0 Å². The van der Waals surface area contributed by atoms with Crippen LogP contribution in [-0.4, -0.2) is 12.3 Å². The van der Waals surface area contributed by atoms with E-state index >= 15 is 0 Å². The topological polar surface area (TPSA) is 21.6 Å². The van der Waals surface area contributed by atoms with Crippen LogP contribution in [0.25, 0.3) is 0 Å². The van der Waals surface area contributed by atoms with Crippen LogP contribution >= 0.6 is 11.6 Å². The van der Waals surface area contributed by atoms with E-state index in [1.807, 2.05) is 38.1 Å². The van der Waals surface area contributed by atoms with Gasteiger partial charge in [0.05, 0.1) is 5.71 Å². The predicted octanol–water partition coefficient (Wildman–Crippen LogP) is 3.10. The molecule has 0 saturated heterocycles. The molecule has 0 radical (unpaired) electrons. The maximum Gasteiger partial charge on any atom is 0.114 e. The lowest BCUT2D eigenvalue weighted by Crippen LogP contribution is -1.95. The van der Waals surface area contributed by atoms with Gasteiger partial charge in [0.15, 0.2) is 0 Å². The molecule has 0 aromatic heterocycles. The van der Waals surface area contributed by atoms with Crippen LogP contribution in [0.15, 0.2) is 29.4 Å². The SMILES string of the molecule is CCO/N=C(/C)c1ccc(Cl)cc1. The molecule has 0 aliphatic rings. The Morgan fingerprint density at radius 2 is 2.00 bits per heavy atom. The van der Waals surface area contributed by atoms with Crippen LogP contribution in [0.2, 0.25) is 5.02 Å². The van der Waals surface area contributed by atoms with Gasteiger partial charge in [0.25, 0.3) is 0 Å². The Morgan fingerprint density at radius 3 is 2.54 bits per heavy atom. The highest BCUT2D eigenvalue weighted by molar-refractivity contribution is 6.30. The molecule has 13 heavy (non-hydrogen) atoms. The lowest BCUT2D eigenvalue weighted by atomic mass is 10.1. The van der Waals surface area contributed by atoms with E-state index in [1.54, 1.807) is 0 Å². The third-order valence-corrected chi connectivity index (χ3v) is 1.84. The third-order valence-electron chi connectivity index (χ3n) is 1.59. The molecule has 1 rings (SSSR count). The van der Waals surface area contributed by atoms with Crippen LogP contribution in [0.4, 0.5) is 0 Å². The van der Waals surface area contributed by atoms with Crippen LogP contribution in [0, 0.1) is 0 Å². The molecule has 1 aromatic rings. The standard InChI is InChI=1S/C10H12ClNO/c1-3-13-12-8(2)9-4-6-10(11)7-5-9/h4-7H,3H2,1-2H3/b12-8-. The molecule has 2 nitrogen and oxygen atoms in total. The lowest BCUT2D eigenvalue weighted by Gasteiger charge is -2.00. The van der Waals surface area contributed by atoms with Crippen molar-refractivity contribution >= 4 is 17.3 Å². The summed E-state index contributed by atoms with van der Waals surface area (Å²) in [5.74, 6) is 0. The lowest BCUT2D eigenvalue weighted by molar-refractivity contribution is 0.159. The summed E-state index contributed by atoms with van der Waals surface area (Å²) in [6, 6.07) is 7.50. The number of halogens is 1. The van der Waals surface area contributed by atoms with Crippen LogP contribution in [0.3, 0.4) is 0 Å². The number of nitrogens with zero attached hydrogens (tertiary/aromatic N) is 1. The van der Waals surface area contributed by atoms with Crippen molar-refractivity contribution in [2.75, 3.05) is 6.61 Å². The van der Waals surface area contributed by atoms with Gasteiger partial charge in [-0.3, -0.25) is 0 Å². The first-order chi connectivity index (χ1) is 6.24. The highest BCUT2D eigenvalue weighted by Gasteiger charge is 1.96. The highest BCUT2D eigenvalue weighted by atomic mass is 35.5. The maximum absolute atomic E-state index is 5.75. The van der Waals surface area contributed by atoms with Crippen molar-refractivity contribution in [2.45, 2.75) is 13.8 Å². The van der Waals surface area contributed by atoms with E-state index in [9.17, 15) is 0 Å². The first-order valence-corrected chi connectivity index (χ1v) is 4.54. The molecule has 1 aromatic carbocycles.